The first-order valence-corrected chi connectivity index (χ1v) is 4.00. The molecule has 0 saturated carbocycles. The van der Waals surface area contributed by atoms with Gasteiger partial charge in [0.15, 0.2) is 0 Å². The van der Waals surface area contributed by atoms with Gasteiger partial charge in [0.05, 0.1) is 26.6 Å². The maximum Gasteiger partial charge on any atom is 0.334 e. The number of hydrogen-bond donors (Lipinski definition) is 1. The predicted octanol–water partition coefficient (Wildman–Crippen LogP) is -0.0205. The van der Waals surface area contributed by atoms with Crippen LogP contribution in [-0.2, 0) is 23.9 Å². The Hall–Kier alpha value is -1.85. The zero-order valence-corrected chi connectivity index (χ0v) is 8.48. The Balaban J connectivity index is 4.77. The Bertz CT molecular complexity index is 293. The van der Waals surface area contributed by atoms with E-state index in [2.05, 4.69) is 16.1 Å². The van der Waals surface area contributed by atoms with Gasteiger partial charge in [-0.15, -0.1) is 0 Å². The number of hydrogen-bond acceptors (Lipinski definition) is 5. The molecule has 84 valence electrons. The van der Waals surface area contributed by atoms with E-state index in [1.807, 2.05) is 0 Å². The van der Waals surface area contributed by atoms with Crippen LogP contribution in [0.25, 0.3) is 0 Å². The van der Waals surface area contributed by atoms with E-state index in [4.69, 9.17) is 5.11 Å². The van der Waals surface area contributed by atoms with E-state index >= 15 is 0 Å². The molecule has 0 aliphatic heterocycles. The zero-order chi connectivity index (χ0) is 12.0. The van der Waals surface area contributed by atoms with Crippen molar-refractivity contribution in [3.8, 4) is 0 Å². The van der Waals surface area contributed by atoms with Crippen LogP contribution in [0.4, 0.5) is 0 Å². The van der Waals surface area contributed by atoms with E-state index in [1.54, 1.807) is 0 Å². The molecule has 0 amide bonds. The van der Waals surface area contributed by atoms with Crippen LogP contribution in [0, 0.1) is 5.92 Å². The largest absolute Gasteiger partial charge is 0.481 e. The fourth-order valence-corrected chi connectivity index (χ4v) is 0.939. The minimum Gasteiger partial charge on any atom is -0.481 e. The highest BCUT2D eigenvalue weighted by Gasteiger charge is 2.29. The molecule has 1 atom stereocenters. The van der Waals surface area contributed by atoms with Gasteiger partial charge in [0.1, 0.15) is 0 Å². The van der Waals surface area contributed by atoms with E-state index < -0.39 is 30.2 Å². The molecule has 0 fully saturated rings. The van der Waals surface area contributed by atoms with Crippen molar-refractivity contribution < 1.29 is 29.0 Å². The SMILES string of the molecule is C=C(C(=O)OC)C(CC(=O)O)C(=O)OC. The molecule has 0 saturated heterocycles. The van der Waals surface area contributed by atoms with Gasteiger partial charge in [-0.3, -0.25) is 9.59 Å². The fourth-order valence-electron chi connectivity index (χ4n) is 0.939. The van der Waals surface area contributed by atoms with E-state index in [-0.39, 0.29) is 5.57 Å². The molecule has 0 radical (unpaired) electrons. The third-order valence-electron chi connectivity index (χ3n) is 1.73. The molecule has 6 heteroatoms. The number of methoxy groups -OCH3 is 2. The summed E-state index contributed by atoms with van der Waals surface area (Å²) in [7, 11) is 2.21. The molecular formula is C9H12O6. The van der Waals surface area contributed by atoms with Crippen LogP contribution in [0.1, 0.15) is 6.42 Å². The van der Waals surface area contributed by atoms with E-state index in [0.29, 0.717) is 0 Å². The van der Waals surface area contributed by atoms with Crippen LogP contribution in [-0.4, -0.2) is 37.2 Å². The van der Waals surface area contributed by atoms with Crippen LogP contribution >= 0.6 is 0 Å². The minimum absolute atomic E-state index is 0.230. The number of carbonyl (C=O) groups is 3. The van der Waals surface area contributed by atoms with Crippen molar-refractivity contribution in [2.45, 2.75) is 6.42 Å². The number of carboxylic acid groups (broad SMARTS) is 1. The average Bonchev–Trinajstić information content (AvgIpc) is 2.22. The second-order valence-electron chi connectivity index (χ2n) is 2.69. The van der Waals surface area contributed by atoms with Crippen molar-refractivity contribution in [3.05, 3.63) is 12.2 Å². The topological polar surface area (TPSA) is 89.9 Å². The van der Waals surface area contributed by atoms with Crippen LogP contribution < -0.4 is 0 Å². The highest BCUT2D eigenvalue weighted by atomic mass is 16.5. The van der Waals surface area contributed by atoms with Gasteiger partial charge >= 0.3 is 17.9 Å². The molecule has 0 aliphatic rings. The van der Waals surface area contributed by atoms with Crippen LogP contribution in [0.3, 0.4) is 0 Å². The number of esters is 2. The van der Waals surface area contributed by atoms with Crippen molar-refractivity contribution in [2.24, 2.45) is 5.92 Å². The first kappa shape index (κ1) is 13.2. The second kappa shape index (κ2) is 5.79. The number of carboxylic acids is 1. The Kier molecular flexibility index (Phi) is 5.08. The first-order chi connectivity index (χ1) is 6.93. The Morgan fingerprint density at radius 3 is 2.13 bits per heavy atom. The minimum atomic E-state index is -1.23. The van der Waals surface area contributed by atoms with Gasteiger partial charge in [-0.25, -0.2) is 4.79 Å². The zero-order valence-electron chi connectivity index (χ0n) is 8.48. The molecule has 0 aromatic rings. The maximum absolute atomic E-state index is 11.2. The molecule has 0 rings (SSSR count). The molecular weight excluding hydrogens is 204 g/mol. The van der Waals surface area contributed by atoms with E-state index in [0.717, 1.165) is 14.2 Å². The summed E-state index contributed by atoms with van der Waals surface area (Å²) in [5, 5.41) is 8.53. The Morgan fingerprint density at radius 1 is 1.27 bits per heavy atom. The van der Waals surface area contributed by atoms with Gasteiger partial charge in [0.2, 0.25) is 0 Å². The number of rotatable bonds is 5. The van der Waals surface area contributed by atoms with Crippen LogP contribution in [0.2, 0.25) is 0 Å². The summed E-state index contributed by atoms with van der Waals surface area (Å²) in [6.45, 7) is 3.31. The Morgan fingerprint density at radius 2 is 1.80 bits per heavy atom. The molecule has 0 aromatic heterocycles. The molecule has 1 N–H and O–H groups in total. The lowest BCUT2D eigenvalue weighted by Crippen LogP contribution is -2.25. The normalized spacial score (nSPS) is 11.3. The molecule has 0 aromatic carbocycles. The lowest BCUT2D eigenvalue weighted by molar-refractivity contribution is -0.151. The van der Waals surface area contributed by atoms with Crippen molar-refractivity contribution in [1.29, 1.82) is 0 Å². The van der Waals surface area contributed by atoms with Gasteiger partial charge in [0, 0.05) is 5.57 Å². The molecule has 0 aliphatic carbocycles. The third-order valence-corrected chi connectivity index (χ3v) is 1.73. The molecule has 15 heavy (non-hydrogen) atoms. The lowest BCUT2D eigenvalue weighted by Gasteiger charge is -2.13. The average molecular weight is 216 g/mol. The van der Waals surface area contributed by atoms with Gasteiger partial charge in [-0.05, 0) is 0 Å². The first-order valence-electron chi connectivity index (χ1n) is 4.00. The summed E-state index contributed by atoms with van der Waals surface area (Å²) in [6.07, 6.45) is -0.555. The summed E-state index contributed by atoms with van der Waals surface area (Å²) < 4.78 is 8.69. The van der Waals surface area contributed by atoms with Crippen LogP contribution in [0.15, 0.2) is 12.2 Å². The van der Waals surface area contributed by atoms with Crippen molar-refractivity contribution in [3.63, 3.8) is 0 Å². The predicted molar refractivity (Wildman–Crippen MR) is 48.9 cm³/mol. The summed E-state index contributed by atoms with van der Waals surface area (Å²) in [5.41, 5.74) is -0.230. The second-order valence-corrected chi connectivity index (χ2v) is 2.69. The van der Waals surface area contributed by atoms with Crippen LogP contribution in [0.5, 0.6) is 0 Å². The number of ether oxygens (including phenoxy) is 2. The van der Waals surface area contributed by atoms with Gasteiger partial charge in [-0.2, -0.15) is 0 Å². The maximum atomic E-state index is 11.2. The monoisotopic (exact) mass is 216 g/mol. The third kappa shape index (κ3) is 3.80. The van der Waals surface area contributed by atoms with Gasteiger partial charge < -0.3 is 14.6 Å². The van der Waals surface area contributed by atoms with Crippen molar-refractivity contribution in [2.75, 3.05) is 14.2 Å². The van der Waals surface area contributed by atoms with Gasteiger partial charge in [0.25, 0.3) is 0 Å². The summed E-state index contributed by atoms with van der Waals surface area (Å²) in [6, 6.07) is 0. The smallest absolute Gasteiger partial charge is 0.334 e. The van der Waals surface area contributed by atoms with Crippen molar-refractivity contribution >= 4 is 17.9 Å². The summed E-state index contributed by atoms with van der Waals surface area (Å²) >= 11 is 0. The molecule has 6 nitrogen and oxygen atoms in total. The Labute approximate surface area is 86.5 Å². The summed E-state index contributed by atoms with van der Waals surface area (Å²) in [4.78, 5) is 32.6. The van der Waals surface area contributed by atoms with Gasteiger partial charge in [-0.1, -0.05) is 6.58 Å². The quantitative estimate of drug-likeness (QED) is 0.513. The molecule has 0 spiro atoms. The van der Waals surface area contributed by atoms with Crippen molar-refractivity contribution in [1.82, 2.24) is 0 Å². The molecule has 0 heterocycles. The standard InChI is InChI=1S/C9H12O6/c1-5(8(12)14-2)6(4-7(10)11)9(13)15-3/h6H,1,4H2,2-3H3,(H,10,11). The fraction of sp³-hybridized carbons (Fsp3) is 0.444. The summed E-state index contributed by atoms with van der Waals surface area (Å²) in [5.74, 6) is -4.09. The van der Waals surface area contributed by atoms with E-state index in [1.165, 1.54) is 0 Å². The highest BCUT2D eigenvalue weighted by Crippen LogP contribution is 2.16. The molecule has 0 bridgehead atoms. The number of carbonyl (C=O) groups excluding carboxylic acids is 2. The number of aliphatic carboxylic acids is 1. The highest BCUT2D eigenvalue weighted by molar-refractivity contribution is 5.96. The lowest BCUT2D eigenvalue weighted by atomic mass is 9.97. The molecule has 1 unspecified atom stereocenters. The van der Waals surface area contributed by atoms with E-state index in [9.17, 15) is 14.4 Å².